The normalized spacial score (nSPS) is 36.6. The molecule has 3 aliphatic heterocycles. The van der Waals surface area contributed by atoms with E-state index in [2.05, 4.69) is 66.3 Å². The maximum absolute atomic E-state index is 5.17. The van der Waals surface area contributed by atoms with E-state index in [9.17, 15) is 0 Å². The van der Waals surface area contributed by atoms with Crippen LogP contribution in [0.1, 0.15) is 6.92 Å². The molecule has 4 rings (SSSR count). The van der Waals surface area contributed by atoms with E-state index in [1.807, 2.05) is 6.07 Å². The Morgan fingerprint density at radius 3 is 1.89 bits per heavy atom. The molecular formula is C14H23N4P. The highest BCUT2D eigenvalue weighted by molar-refractivity contribution is 7.59. The largest absolute Gasteiger partial charge is 0.248 e. The van der Waals surface area contributed by atoms with Crippen LogP contribution >= 0.6 is 7.51 Å². The zero-order valence-electron chi connectivity index (χ0n) is 12.2. The number of hydrogen-bond acceptors (Lipinski definition) is 1. The van der Waals surface area contributed by atoms with Gasteiger partial charge in [0.1, 0.15) is 0 Å². The number of fused-ring (bicyclic) bond motifs is 3. The predicted octanol–water partition coefficient (Wildman–Crippen LogP) is 3.09. The monoisotopic (exact) mass is 278 g/mol. The fraction of sp³-hybridized carbons (Fsp3) is 0.571. The SMILES string of the molecule is CN1CC2(C)CN(C)P1(=Nc1ccccc1)N(C)C2. The molecule has 0 N–H and O–H groups in total. The van der Waals surface area contributed by atoms with Crippen LogP contribution in [0.4, 0.5) is 5.69 Å². The van der Waals surface area contributed by atoms with E-state index in [1.165, 1.54) is 0 Å². The molecule has 0 spiro atoms. The van der Waals surface area contributed by atoms with Gasteiger partial charge in [0.15, 0.2) is 7.51 Å². The molecule has 5 heteroatoms. The van der Waals surface area contributed by atoms with Crippen molar-refractivity contribution in [2.75, 3.05) is 40.8 Å². The second kappa shape index (κ2) is 4.42. The van der Waals surface area contributed by atoms with E-state index in [4.69, 9.17) is 4.74 Å². The van der Waals surface area contributed by atoms with Crippen LogP contribution in [0.5, 0.6) is 0 Å². The standard InChI is InChI=1S/C14H23N4P/c1-14-10-16(2)19(17(3)11-14,18(4)12-14)15-13-8-6-5-7-9-13/h5-9H,10-12H2,1-4H3. The summed E-state index contributed by atoms with van der Waals surface area (Å²) in [7, 11) is 4.96. The van der Waals surface area contributed by atoms with E-state index in [-0.39, 0.29) is 0 Å². The van der Waals surface area contributed by atoms with Crippen molar-refractivity contribution in [3.05, 3.63) is 30.3 Å². The van der Waals surface area contributed by atoms with E-state index in [1.54, 1.807) is 0 Å². The maximum atomic E-state index is 5.17. The van der Waals surface area contributed by atoms with Gasteiger partial charge < -0.3 is 0 Å². The van der Waals surface area contributed by atoms with Gasteiger partial charge in [0.05, 0.1) is 5.69 Å². The van der Waals surface area contributed by atoms with Gasteiger partial charge in [-0.15, -0.1) is 0 Å². The molecule has 19 heavy (non-hydrogen) atoms. The Balaban J connectivity index is 2.12. The summed E-state index contributed by atoms with van der Waals surface area (Å²) in [6.45, 7) is 5.81. The molecule has 3 fully saturated rings. The summed E-state index contributed by atoms with van der Waals surface area (Å²) in [6, 6.07) is 10.4. The molecule has 0 saturated carbocycles. The third-order valence-electron chi connectivity index (χ3n) is 4.21. The molecule has 3 aliphatic rings. The first kappa shape index (κ1) is 13.3. The average Bonchev–Trinajstić information content (AvgIpc) is 2.33. The second-order valence-electron chi connectivity index (χ2n) is 6.23. The quantitative estimate of drug-likeness (QED) is 0.737. The Bertz CT molecular complexity index is 487. The smallest absolute Gasteiger partial charge is 0.172 e. The van der Waals surface area contributed by atoms with Crippen LogP contribution < -0.4 is 0 Å². The van der Waals surface area contributed by atoms with Gasteiger partial charge in [-0.1, -0.05) is 25.1 Å². The first-order valence-corrected chi connectivity index (χ1v) is 8.39. The summed E-state index contributed by atoms with van der Waals surface area (Å²) in [6.07, 6.45) is 0. The van der Waals surface area contributed by atoms with E-state index < -0.39 is 7.51 Å². The van der Waals surface area contributed by atoms with Crippen molar-refractivity contribution in [1.29, 1.82) is 0 Å². The summed E-state index contributed by atoms with van der Waals surface area (Å²) in [4.78, 5) is 0. The average molecular weight is 278 g/mol. The van der Waals surface area contributed by atoms with Gasteiger partial charge in [-0.2, -0.15) is 0 Å². The highest BCUT2D eigenvalue weighted by Gasteiger charge is 2.52. The minimum absolute atomic E-state index is 0.367. The third-order valence-corrected chi connectivity index (χ3v) is 7.88. The maximum Gasteiger partial charge on any atom is 0.172 e. The molecule has 0 aliphatic carbocycles. The molecule has 3 heterocycles. The lowest BCUT2D eigenvalue weighted by Crippen LogP contribution is -2.60. The Kier molecular flexibility index (Phi) is 3.10. The van der Waals surface area contributed by atoms with E-state index in [0.29, 0.717) is 5.41 Å². The molecule has 0 atom stereocenters. The minimum Gasteiger partial charge on any atom is -0.248 e. The van der Waals surface area contributed by atoms with Crippen molar-refractivity contribution in [3.8, 4) is 0 Å². The van der Waals surface area contributed by atoms with Gasteiger partial charge in [0.2, 0.25) is 0 Å². The lowest BCUT2D eigenvalue weighted by molar-refractivity contribution is 0.0967. The lowest BCUT2D eigenvalue weighted by atomic mass is 9.90. The van der Waals surface area contributed by atoms with Gasteiger partial charge >= 0.3 is 0 Å². The van der Waals surface area contributed by atoms with Gasteiger partial charge in [-0.05, 0) is 33.3 Å². The van der Waals surface area contributed by atoms with Gasteiger partial charge in [0, 0.05) is 25.0 Å². The number of nitrogens with zero attached hydrogens (tertiary/aromatic N) is 4. The highest BCUT2D eigenvalue weighted by Crippen LogP contribution is 2.66. The van der Waals surface area contributed by atoms with Crippen LogP contribution in [-0.2, 0) is 0 Å². The summed E-state index contributed by atoms with van der Waals surface area (Å²) in [5, 5.41) is 0. The van der Waals surface area contributed by atoms with Crippen LogP contribution in [0.25, 0.3) is 0 Å². The first-order valence-electron chi connectivity index (χ1n) is 6.79. The Morgan fingerprint density at radius 2 is 1.42 bits per heavy atom. The Morgan fingerprint density at radius 1 is 0.947 bits per heavy atom. The molecule has 4 nitrogen and oxygen atoms in total. The third kappa shape index (κ3) is 1.98. The Hall–Kier alpha value is -0.670. The van der Waals surface area contributed by atoms with Crippen molar-refractivity contribution < 1.29 is 0 Å². The zero-order valence-corrected chi connectivity index (χ0v) is 13.1. The van der Waals surface area contributed by atoms with Crippen LogP contribution in [0, 0.1) is 5.41 Å². The lowest BCUT2D eigenvalue weighted by Gasteiger charge is -2.61. The number of benzene rings is 1. The van der Waals surface area contributed by atoms with Gasteiger partial charge in [0.25, 0.3) is 0 Å². The molecule has 1 aromatic rings. The second-order valence-corrected chi connectivity index (χ2v) is 9.55. The van der Waals surface area contributed by atoms with Gasteiger partial charge in [-0.25, -0.2) is 18.8 Å². The fourth-order valence-corrected chi connectivity index (χ4v) is 7.81. The van der Waals surface area contributed by atoms with Crippen molar-refractivity contribution in [3.63, 3.8) is 0 Å². The number of rotatable bonds is 1. The van der Waals surface area contributed by atoms with E-state index in [0.717, 1.165) is 25.3 Å². The minimum atomic E-state index is -1.72. The summed E-state index contributed by atoms with van der Waals surface area (Å²) < 4.78 is 12.6. The van der Waals surface area contributed by atoms with Crippen LogP contribution in [-0.4, -0.2) is 54.8 Å². The highest BCUT2D eigenvalue weighted by atomic mass is 31.2. The summed E-state index contributed by atoms with van der Waals surface area (Å²) >= 11 is 0. The van der Waals surface area contributed by atoms with Gasteiger partial charge in [-0.3, -0.25) is 0 Å². The first-order chi connectivity index (χ1) is 8.96. The molecule has 104 valence electrons. The van der Waals surface area contributed by atoms with Crippen molar-refractivity contribution in [2.45, 2.75) is 6.92 Å². The van der Waals surface area contributed by atoms with Crippen LogP contribution in [0.2, 0.25) is 0 Å². The van der Waals surface area contributed by atoms with Crippen LogP contribution in [0.15, 0.2) is 35.1 Å². The van der Waals surface area contributed by atoms with Crippen molar-refractivity contribution in [2.24, 2.45) is 10.2 Å². The Labute approximate surface area is 116 Å². The number of hydrogen-bond donors (Lipinski definition) is 0. The summed E-state index contributed by atoms with van der Waals surface area (Å²) in [5.74, 6) is 0. The molecule has 0 unspecified atom stereocenters. The molecule has 0 amide bonds. The molecule has 1 aromatic carbocycles. The van der Waals surface area contributed by atoms with Crippen molar-refractivity contribution in [1.82, 2.24) is 14.0 Å². The van der Waals surface area contributed by atoms with Crippen molar-refractivity contribution >= 4 is 13.2 Å². The summed E-state index contributed by atoms with van der Waals surface area (Å²) in [5.41, 5.74) is 1.46. The fourth-order valence-electron chi connectivity index (χ4n) is 3.75. The molecule has 0 aromatic heterocycles. The molecule has 2 bridgehead atoms. The predicted molar refractivity (Wildman–Crippen MR) is 81.4 cm³/mol. The molecule has 0 radical (unpaired) electrons. The molecular weight excluding hydrogens is 255 g/mol. The van der Waals surface area contributed by atoms with E-state index >= 15 is 0 Å². The van der Waals surface area contributed by atoms with Crippen LogP contribution in [0.3, 0.4) is 0 Å². The molecule has 3 saturated heterocycles. The topological polar surface area (TPSA) is 22.1 Å². The zero-order chi connectivity index (χ0) is 13.7.